The summed E-state index contributed by atoms with van der Waals surface area (Å²) in [6.45, 7) is 0. The Labute approximate surface area is 388 Å². The van der Waals surface area contributed by atoms with Crippen molar-refractivity contribution in [2.75, 3.05) is 0 Å². The van der Waals surface area contributed by atoms with Crippen molar-refractivity contribution in [1.82, 2.24) is 9.55 Å². The minimum absolute atomic E-state index is 0.595. The van der Waals surface area contributed by atoms with Crippen LogP contribution in [-0.4, -0.2) is 9.55 Å². The minimum atomic E-state index is -0.622. The zero-order valence-electron chi connectivity index (χ0n) is 36.5. The number of aromatic nitrogens is 2. The Balaban J connectivity index is 1.18. The van der Waals surface area contributed by atoms with Gasteiger partial charge in [-0.15, -0.1) is 0 Å². The van der Waals surface area contributed by atoms with Crippen LogP contribution in [-0.2, 0) is 10.8 Å². The first-order chi connectivity index (χ1) is 33.2. The Morgan fingerprint density at radius 2 is 0.761 bits per heavy atom. The van der Waals surface area contributed by atoms with E-state index in [2.05, 4.69) is 247 Å². The van der Waals surface area contributed by atoms with E-state index in [0.29, 0.717) is 0 Å². The number of hydrogen-bond donors (Lipinski definition) is 0. The molecule has 0 N–H and O–H groups in total. The van der Waals surface area contributed by atoms with Crippen molar-refractivity contribution in [2.24, 2.45) is 0 Å². The number of hydrogen-bond acceptors (Lipinski definition) is 1. The van der Waals surface area contributed by atoms with Gasteiger partial charge in [-0.25, -0.2) is 4.98 Å². The lowest BCUT2D eigenvalue weighted by Crippen LogP contribution is -2.43. The Morgan fingerprint density at radius 3 is 1.33 bits per heavy atom. The predicted molar refractivity (Wildman–Crippen MR) is 275 cm³/mol. The van der Waals surface area contributed by atoms with Crippen molar-refractivity contribution in [3.63, 3.8) is 0 Å². The molecule has 0 atom stereocenters. The lowest BCUT2D eigenvalue weighted by Gasteiger charge is -2.49. The summed E-state index contributed by atoms with van der Waals surface area (Å²) in [5.41, 5.74) is 21.2. The first-order valence-corrected chi connectivity index (χ1v) is 23.4. The summed E-state index contributed by atoms with van der Waals surface area (Å²) in [6, 6.07) is 90.8. The molecule has 12 aromatic rings. The fourth-order valence-electron chi connectivity index (χ4n) is 12.9. The number of pyridine rings is 1. The highest BCUT2D eigenvalue weighted by Gasteiger charge is 2.59. The maximum Gasteiger partial charge on any atom is 0.138 e. The summed E-state index contributed by atoms with van der Waals surface area (Å²) in [7, 11) is 0. The second-order valence-corrected chi connectivity index (χ2v) is 18.5. The molecule has 15 rings (SSSR count). The summed E-state index contributed by atoms with van der Waals surface area (Å²) in [6.07, 6.45) is 0. The summed E-state index contributed by atoms with van der Waals surface area (Å²) in [5, 5.41) is 4.81. The molecule has 0 aliphatic heterocycles. The quantitative estimate of drug-likeness (QED) is 0.173. The van der Waals surface area contributed by atoms with Crippen LogP contribution in [0.3, 0.4) is 0 Å². The number of rotatable bonds is 3. The Hall–Kier alpha value is -8.59. The van der Waals surface area contributed by atoms with Gasteiger partial charge >= 0.3 is 0 Å². The predicted octanol–water partition coefficient (Wildman–Crippen LogP) is 15.7. The van der Waals surface area contributed by atoms with Crippen LogP contribution in [0.2, 0.25) is 0 Å². The highest BCUT2D eigenvalue weighted by Crippen LogP contribution is 2.68. The monoisotopic (exact) mass is 848 g/mol. The van der Waals surface area contributed by atoms with E-state index in [9.17, 15) is 0 Å². The Kier molecular flexibility index (Phi) is 7.39. The van der Waals surface area contributed by atoms with Crippen molar-refractivity contribution < 1.29 is 0 Å². The number of fused-ring (bicyclic) bond motifs is 21. The summed E-state index contributed by atoms with van der Waals surface area (Å²) < 4.78 is 2.50. The average molecular weight is 849 g/mol. The molecule has 2 spiro atoms. The topological polar surface area (TPSA) is 17.8 Å². The van der Waals surface area contributed by atoms with Gasteiger partial charge in [0.15, 0.2) is 0 Å². The van der Waals surface area contributed by atoms with Gasteiger partial charge in [0.25, 0.3) is 0 Å². The average Bonchev–Trinajstić information content (AvgIpc) is 4.01. The molecule has 0 bridgehead atoms. The van der Waals surface area contributed by atoms with Crippen molar-refractivity contribution in [2.45, 2.75) is 10.8 Å². The van der Waals surface area contributed by atoms with Gasteiger partial charge in [-0.3, -0.25) is 4.57 Å². The van der Waals surface area contributed by atoms with E-state index in [1.54, 1.807) is 0 Å². The fourth-order valence-corrected chi connectivity index (χ4v) is 12.9. The van der Waals surface area contributed by atoms with E-state index < -0.39 is 10.8 Å². The molecule has 310 valence electrons. The highest BCUT2D eigenvalue weighted by atomic mass is 15.1. The van der Waals surface area contributed by atoms with Gasteiger partial charge in [0.05, 0.1) is 27.6 Å². The second kappa shape index (κ2) is 13.5. The third kappa shape index (κ3) is 4.66. The van der Waals surface area contributed by atoms with Crippen LogP contribution in [0.1, 0.15) is 44.5 Å². The normalized spacial score (nSPS) is 14.2. The molecule has 3 aliphatic carbocycles. The molecule has 3 aliphatic rings. The standard InChI is InChI=1S/C65H40N2/c1-3-19-41(20-4-1)44-37-60(43-22-5-2-6-23-43)66-62(38-44)67-61-40-59-58(39-51(61)50-36-35-42-21-7-8-24-45(42)63(50)67)64(52-29-13-9-25-46(52)47-26-10-14-30-53(47)64)56-33-17-18-34-57(56)65(59)54-31-15-11-27-48(54)49-28-12-16-32-55(49)65/h1-40H. The van der Waals surface area contributed by atoms with Crippen molar-refractivity contribution in [1.29, 1.82) is 0 Å². The van der Waals surface area contributed by atoms with Crippen LogP contribution in [0.5, 0.6) is 0 Å². The molecule has 2 heteroatoms. The fraction of sp³-hybridized carbons (Fsp3) is 0.0308. The van der Waals surface area contributed by atoms with Gasteiger partial charge in [0.2, 0.25) is 0 Å². The third-order valence-electron chi connectivity index (χ3n) is 15.5. The molecule has 0 saturated carbocycles. The largest absolute Gasteiger partial charge is 0.293 e. The molecule has 0 radical (unpaired) electrons. The van der Waals surface area contributed by atoms with Gasteiger partial charge < -0.3 is 0 Å². The van der Waals surface area contributed by atoms with Crippen molar-refractivity contribution in [3.8, 4) is 50.5 Å². The molecular formula is C65H40N2. The number of nitrogens with zero attached hydrogens (tertiary/aromatic N) is 2. The lowest BCUT2D eigenvalue weighted by atomic mass is 9.52. The van der Waals surface area contributed by atoms with E-state index in [1.165, 1.54) is 88.3 Å². The van der Waals surface area contributed by atoms with Crippen LogP contribution < -0.4 is 0 Å². The van der Waals surface area contributed by atoms with Gasteiger partial charge in [-0.2, -0.15) is 0 Å². The minimum Gasteiger partial charge on any atom is -0.293 e. The molecule has 0 unspecified atom stereocenters. The van der Waals surface area contributed by atoms with Crippen molar-refractivity contribution >= 4 is 32.6 Å². The molecule has 2 nitrogen and oxygen atoms in total. The molecule has 2 aromatic heterocycles. The molecule has 67 heavy (non-hydrogen) atoms. The second-order valence-electron chi connectivity index (χ2n) is 18.5. The zero-order chi connectivity index (χ0) is 43.8. The number of benzene rings is 10. The maximum atomic E-state index is 5.68. The van der Waals surface area contributed by atoms with Gasteiger partial charge in [-0.05, 0) is 108 Å². The molecule has 2 heterocycles. The molecular weight excluding hydrogens is 809 g/mol. The first-order valence-electron chi connectivity index (χ1n) is 23.4. The van der Waals surface area contributed by atoms with E-state index in [-0.39, 0.29) is 0 Å². The van der Waals surface area contributed by atoms with Gasteiger partial charge in [0, 0.05) is 21.7 Å². The molecule has 10 aromatic carbocycles. The Morgan fingerprint density at radius 1 is 0.299 bits per heavy atom. The van der Waals surface area contributed by atoms with E-state index in [0.717, 1.165) is 39.2 Å². The molecule has 0 saturated heterocycles. The zero-order valence-corrected chi connectivity index (χ0v) is 36.5. The van der Waals surface area contributed by atoms with Crippen molar-refractivity contribution in [3.05, 3.63) is 287 Å². The third-order valence-corrected chi connectivity index (χ3v) is 15.5. The maximum absolute atomic E-state index is 5.68. The van der Waals surface area contributed by atoms with E-state index in [1.807, 2.05) is 0 Å². The summed E-state index contributed by atoms with van der Waals surface area (Å²) in [5.74, 6) is 0.889. The van der Waals surface area contributed by atoms with E-state index >= 15 is 0 Å². The summed E-state index contributed by atoms with van der Waals surface area (Å²) in [4.78, 5) is 5.68. The molecule has 0 fully saturated rings. The van der Waals surface area contributed by atoms with Crippen LogP contribution in [0, 0.1) is 0 Å². The summed E-state index contributed by atoms with van der Waals surface area (Å²) >= 11 is 0. The molecule has 0 amide bonds. The van der Waals surface area contributed by atoms with Crippen LogP contribution in [0.25, 0.3) is 83.0 Å². The van der Waals surface area contributed by atoms with Gasteiger partial charge in [0.1, 0.15) is 5.82 Å². The van der Waals surface area contributed by atoms with E-state index in [4.69, 9.17) is 4.98 Å². The SMILES string of the molecule is c1ccc(-c2cc(-c3ccccc3)nc(-n3c4cc5c(cc4c4ccc6ccccc6c43)C3(c4ccccc4-c4ccccc43)c3ccccc3C53c4ccccc4-c4ccccc43)c2)cc1. The van der Waals surface area contributed by atoms with Crippen LogP contribution in [0.15, 0.2) is 243 Å². The smallest absolute Gasteiger partial charge is 0.138 e. The highest BCUT2D eigenvalue weighted by molar-refractivity contribution is 6.19. The first kappa shape index (κ1) is 36.7. The van der Waals surface area contributed by atoms with Gasteiger partial charge in [-0.1, -0.05) is 218 Å². The van der Waals surface area contributed by atoms with Crippen LogP contribution >= 0.6 is 0 Å². The Bertz CT molecular complexity index is 3900. The van der Waals surface area contributed by atoms with Crippen LogP contribution in [0.4, 0.5) is 0 Å². The lowest BCUT2D eigenvalue weighted by molar-refractivity contribution is 0.634.